The number of benzene rings is 1. The van der Waals surface area contributed by atoms with Gasteiger partial charge in [0.1, 0.15) is 6.07 Å². The number of pyridine rings is 1. The first kappa shape index (κ1) is 15.4. The van der Waals surface area contributed by atoms with Crippen molar-refractivity contribution in [2.24, 2.45) is 0 Å². The standard InChI is InChI=1S/C16H15ClN4O2/c1-23-16(22)21-6-4-20(5-7-21)15-11(9-18)10-19-14-3-2-12(17)8-13(14)15/h2-3,8,10H,4-7H2,1H3. The van der Waals surface area contributed by atoms with E-state index >= 15 is 0 Å². The second-order valence-electron chi connectivity index (χ2n) is 5.24. The number of aromatic nitrogens is 1. The topological polar surface area (TPSA) is 69.5 Å². The van der Waals surface area contributed by atoms with E-state index in [2.05, 4.69) is 16.0 Å². The van der Waals surface area contributed by atoms with Crippen molar-refractivity contribution in [2.45, 2.75) is 0 Å². The van der Waals surface area contributed by atoms with E-state index < -0.39 is 0 Å². The van der Waals surface area contributed by atoms with Gasteiger partial charge in [-0.2, -0.15) is 5.26 Å². The molecule has 0 radical (unpaired) electrons. The van der Waals surface area contributed by atoms with Crippen LogP contribution in [0.25, 0.3) is 10.9 Å². The lowest BCUT2D eigenvalue weighted by molar-refractivity contribution is 0.121. The predicted octanol–water partition coefficient (Wildman–Crippen LogP) is 2.65. The van der Waals surface area contributed by atoms with E-state index in [4.69, 9.17) is 16.3 Å². The first-order valence-electron chi connectivity index (χ1n) is 7.20. The van der Waals surface area contributed by atoms with Crippen molar-refractivity contribution in [2.75, 3.05) is 38.2 Å². The molecule has 0 unspecified atom stereocenters. The average molecular weight is 331 g/mol. The molecule has 0 bridgehead atoms. The minimum Gasteiger partial charge on any atom is -0.453 e. The van der Waals surface area contributed by atoms with Gasteiger partial charge >= 0.3 is 6.09 Å². The third kappa shape index (κ3) is 2.88. The molecule has 1 aliphatic heterocycles. The molecule has 1 aromatic carbocycles. The largest absolute Gasteiger partial charge is 0.453 e. The van der Waals surface area contributed by atoms with Crippen LogP contribution >= 0.6 is 11.6 Å². The summed E-state index contributed by atoms with van der Waals surface area (Å²) in [6, 6.07) is 7.64. The van der Waals surface area contributed by atoms with Crippen LogP contribution in [0.2, 0.25) is 5.02 Å². The first-order chi connectivity index (χ1) is 11.1. The Morgan fingerprint density at radius 2 is 2.09 bits per heavy atom. The average Bonchev–Trinajstić information content (AvgIpc) is 2.60. The van der Waals surface area contributed by atoms with Crippen LogP contribution in [0.5, 0.6) is 0 Å². The minimum absolute atomic E-state index is 0.326. The molecule has 1 aromatic heterocycles. The molecule has 1 saturated heterocycles. The van der Waals surface area contributed by atoms with E-state index in [1.807, 2.05) is 12.1 Å². The summed E-state index contributed by atoms with van der Waals surface area (Å²) < 4.78 is 4.75. The number of nitriles is 1. The second kappa shape index (κ2) is 6.31. The Morgan fingerprint density at radius 1 is 1.35 bits per heavy atom. The number of halogens is 1. The van der Waals surface area contributed by atoms with Gasteiger partial charge in [0.15, 0.2) is 0 Å². The Hall–Kier alpha value is -2.52. The number of nitrogens with zero attached hydrogens (tertiary/aromatic N) is 4. The van der Waals surface area contributed by atoms with Crippen LogP contribution in [0.1, 0.15) is 5.56 Å². The summed E-state index contributed by atoms with van der Waals surface area (Å²) in [5.74, 6) is 0. The van der Waals surface area contributed by atoms with Crippen molar-refractivity contribution >= 4 is 34.3 Å². The molecular formula is C16H15ClN4O2. The molecule has 0 spiro atoms. The van der Waals surface area contributed by atoms with Crippen LogP contribution in [0.15, 0.2) is 24.4 Å². The third-order valence-corrected chi connectivity index (χ3v) is 4.19. The molecule has 0 aliphatic carbocycles. The fourth-order valence-corrected chi connectivity index (χ4v) is 2.99. The van der Waals surface area contributed by atoms with Gasteiger partial charge in [-0.3, -0.25) is 4.98 Å². The number of fused-ring (bicyclic) bond motifs is 1. The molecule has 23 heavy (non-hydrogen) atoms. The maximum Gasteiger partial charge on any atom is 0.409 e. The van der Waals surface area contributed by atoms with E-state index in [0.29, 0.717) is 36.8 Å². The zero-order valence-corrected chi connectivity index (χ0v) is 13.4. The van der Waals surface area contributed by atoms with Gasteiger partial charge in [-0.1, -0.05) is 11.6 Å². The Kier molecular flexibility index (Phi) is 4.22. The highest BCUT2D eigenvalue weighted by Crippen LogP contribution is 2.31. The molecular weight excluding hydrogens is 316 g/mol. The summed E-state index contributed by atoms with van der Waals surface area (Å²) in [4.78, 5) is 19.7. The van der Waals surface area contributed by atoms with Gasteiger partial charge in [-0.25, -0.2) is 4.79 Å². The van der Waals surface area contributed by atoms with E-state index in [9.17, 15) is 10.1 Å². The number of piperazine rings is 1. The lowest BCUT2D eigenvalue weighted by Crippen LogP contribution is -2.49. The summed E-state index contributed by atoms with van der Waals surface area (Å²) in [6.45, 7) is 2.33. The van der Waals surface area contributed by atoms with Crippen molar-refractivity contribution in [3.63, 3.8) is 0 Å². The predicted molar refractivity (Wildman–Crippen MR) is 87.7 cm³/mol. The monoisotopic (exact) mass is 330 g/mol. The molecule has 6 nitrogen and oxygen atoms in total. The number of hydrogen-bond donors (Lipinski definition) is 0. The number of hydrogen-bond acceptors (Lipinski definition) is 5. The summed E-state index contributed by atoms with van der Waals surface area (Å²) in [5.41, 5.74) is 2.12. The van der Waals surface area contributed by atoms with Crippen LogP contribution in [0, 0.1) is 11.3 Å². The van der Waals surface area contributed by atoms with Crippen LogP contribution in [0.4, 0.5) is 10.5 Å². The zero-order valence-electron chi connectivity index (χ0n) is 12.6. The van der Waals surface area contributed by atoms with Crippen molar-refractivity contribution in [3.05, 3.63) is 35.0 Å². The van der Waals surface area contributed by atoms with E-state index in [1.54, 1.807) is 17.2 Å². The van der Waals surface area contributed by atoms with Crippen molar-refractivity contribution in [1.82, 2.24) is 9.88 Å². The fourth-order valence-electron chi connectivity index (χ4n) is 2.82. The SMILES string of the molecule is COC(=O)N1CCN(c2c(C#N)cnc3ccc(Cl)cc23)CC1. The summed E-state index contributed by atoms with van der Waals surface area (Å²) in [5, 5.41) is 10.9. The normalized spacial score (nSPS) is 14.7. The lowest BCUT2D eigenvalue weighted by Gasteiger charge is -2.36. The molecule has 3 rings (SSSR count). The van der Waals surface area contributed by atoms with Crippen molar-refractivity contribution in [1.29, 1.82) is 5.26 Å². The van der Waals surface area contributed by atoms with Crippen LogP contribution in [-0.2, 0) is 4.74 Å². The highest BCUT2D eigenvalue weighted by molar-refractivity contribution is 6.31. The molecule has 1 aliphatic rings. The van der Waals surface area contributed by atoms with Gasteiger partial charge < -0.3 is 14.5 Å². The Balaban J connectivity index is 1.98. The number of ether oxygens (including phenoxy) is 1. The molecule has 2 heterocycles. The summed E-state index contributed by atoms with van der Waals surface area (Å²) >= 11 is 6.11. The van der Waals surface area contributed by atoms with Crippen LogP contribution in [0.3, 0.4) is 0 Å². The summed E-state index contributed by atoms with van der Waals surface area (Å²) in [6.07, 6.45) is 1.26. The molecule has 1 amide bonds. The number of rotatable bonds is 1. The third-order valence-electron chi connectivity index (χ3n) is 3.95. The number of carbonyl (C=O) groups excluding carboxylic acids is 1. The van der Waals surface area contributed by atoms with E-state index in [-0.39, 0.29) is 6.09 Å². The molecule has 0 saturated carbocycles. The van der Waals surface area contributed by atoms with Gasteiger partial charge in [0.2, 0.25) is 0 Å². The quantitative estimate of drug-likeness (QED) is 0.804. The maximum atomic E-state index is 11.6. The van der Waals surface area contributed by atoms with Crippen molar-refractivity contribution in [3.8, 4) is 6.07 Å². The highest BCUT2D eigenvalue weighted by atomic mass is 35.5. The number of amides is 1. The van der Waals surface area contributed by atoms with Gasteiger partial charge in [-0.05, 0) is 18.2 Å². The molecule has 0 N–H and O–H groups in total. The van der Waals surface area contributed by atoms with Crippen LogP contribution in [-0.4, -0.2) is 49.3 Å². The number of carbonyl (C=O) groups is 1. The number of methoxy groups -OCH3 is 1. The molecule has 7 heteroatoms. The Labute approximate surface area is 138 Å². The molecule has 2 aromatic rings. The molecule has 1 fully saturated rings. The number of anilines is 1. The summed E-state index contributed by atoms with van der Waals surface area (Å²) in [7, 11) is 1.38. The Morgan fingerprint density at radius 3 is 2.74 bits per heavy atom. The lowest BCUT2D eigenvalue weighted by atomic mass is 10.1. The van der Waals surface area contributed by atoms with Crippen molar-refractivity contribution < 1.29 is 9.53 Å². The van der Waals surface area contributed by atoms with Gasteiger partial charge in [-0.15, -0.1) is 0 Å². The smallest absolute Gasteiger partial charge is 0.409 e. The molecule has 118 valence electrons. The first-order valence-corrected chi connectivity index (χ1v) is 7.58. The van der Waals surface area contributed by atoms with Gasteiger partial charge in [0.05, 0.1) is 23.9 Å². The van der Waals surface area contributed by atoms with Gasteiger partial charge in [0.25, 0.3) is 0 Å². The van der Waals surface area contributed by atoms with Crippen LogP contribution < -0.4 is 4.90 Å². The van der Waals surface area contributed by atoms with E-state index in [0.717, 1.165) is 16.6 Å². The zero-order chi connectivity index (χ0) is 16.4. The Bertz CT molecular complexity index is 795. The maximum absolute atomic E-state index is 11.6. The molecule has 0 atom stereocenters. The minimum atomic E-state index is -0.326. The second-order valence-corrected chi connectivity index (χ2v) is 5.67. The fraction of sp³-hybridized carbons (Fsp3) is 0.312. The highest BCUT2D eigenvalue weighted by Gasteiger charge is 2.24. The van der Waals surface area contributed by atoms with E-state index in [1.165, 1.54) is 7.11 Å². The van der Waals surface area contributed by atoms with Gasteiger partial charge in [0, 0.05) is 42.8 Å².